The zero-order valence-corrected chi connectivity index (χ0v) is 12.1. The van der Waals surface area contributed by atoms with E-state index in [9.17, 15) is 0 Å². The van der Waals surface area contributed by atoms with Crippen LogP contribution in [0.1, 0.15) is 20.8 Å². The van der Waals surface area contributed by atoms with Crippen molar-refractivity contribution in [1.82, 2.24) is 10.6 Å². The molecule has 0 atom stereocenters. The zero-order valence-electron chi connectivity index (χ0n) is 12.1. The Hall–Kier alpha value is -1.42. The summed E-state index contributed by atoms with van der Waals surface area (Å²) < 4.78 is 5.69. The minimum Gasteiger partial charge on any atom is -0.489 e. The molecule has 0 saturated carbocycles. The molecule has 2 rings (SSSR count). The van der Waals surface area contributed by atoms with Crippen molar-refractivity contribution in [3.05, 3.63) is 18.2 Å². The SMILES string of the molecule is CCN1CCN(c2ccc([NH])c(OC(C)C)c2)CC1. The third-order valence-corrected chi connectivity index (χ3v) is 3.51. The Morgan fingerprint density at radius 2 is 1.89 bits per heavy atom. The van der Waals surface area contributed by atoms with Gasteiger partial charge in [-0.05, 0) is 32.5 Å². The molecular formula is C15H24N3O. The van der Waals surface area contributed by atoms with Gasteiger partial charge in [-0.1, -0.05) is 6.92 Å². The minimum absolute atomic E-state index is 0.108. The van der Waals surface area contributed by atoms with Gasteiger partial charge in [-0.15, -0.1) is 0 Å². The van der Waals surface area contributed by atoms with Crippen LogP contribution in [0.2, 0.25) is 0 Å². The van der Waals surface area contributed by atoms with Gasteiger partial charge in [-0.3, -0.25) is 5.73 Å². The van der Waals surface area contributed by atoms with E-state index in [4.69, 9.17) is 10.5 Å². The second kappa shape index (κ2) is 6.15. The highest BCUT2D eigenvalue weighted by atomic mass is 16.5. The van der Waals surface area contributed by atoms with E-state index in [-0.39, 0.29) is 6.10 Å². The van der Waals surface area contributed by atoms with Crippen molar-refractivity contribution in [3.63, 3.8) is 0 Å². The van der Waals surface area contributed by atoms with Crippen LogP contribution >= 0.6 is 0 Å². The average molecular weight is 262 g/mol. The number of hydrogen-bond donors (Lipinski definition) is 0. The van der Waals surface area contributed by atoms with E-state index in [1.165, 1.54) is 5.69 Å². The summed E-state index contributed by atoms with van der Waals surface area (Å²) in [6.07, 6.45) is 0.108. The van der Waals surface area contributed by atoms with Gasteiger partial charge in [0.1, 0.15) is 5.75 Å². The van der Waals surface area contributed by atoms with Gasteiger partial charge in [0.25, 0.3) is 0 Å². The molecule has 0 aromatic heterocycles. The first-order valence-corrected chi connectivity index (χ1v) is 7.09. The molecule has 0 amide bonds. The zero-order chi connectivity index (χ0) is 13.8. The fraction of sp³-hybridized carbons (Fsp3) is 0.600. The summed E-state index contributed by atoms with van der Waals surface area (Å²) in [5.41, 5.74) is 9.52. The standard InChI is InChI=1S/C15H24N3O/c1-4-17-7-9-18(10-8-17)13-5-6-14(16)15(11-13)19-12(2)3/h5-6,11-12,16H,4,7-10H2,1-3H3. The number of piperazine rings is 1. The van der Waals surface area contributed by atoms with Crippen LogP contribution in [0.15, 0.2) is 18.2 Å². The predicted octanol–water partition coefficient (Wildman–Crippen LogP) is 2.53. The number of nitrogens with one attached hydrogen (secondary N) is 1. The second-order valence-corrected chi connectivity index (χ2v) is 5.27. The summed E-state index contributed by atoms with van der Waals surface area (Å²) in [5, 5.41) is 0. The van der Waals surface area contributed by atoms with E-state index >= 15 is 0 Å². The van der Waals surface area contributed by atoms with Crippen molar-refractivity contribution in [3.8, 4) is 5.75 Å². The first-order valence-electron chi connectivity index (χ1n) is 7.09. The molecule has 1 fully saturated rings. The summed E-state index contributed by atoms with van der Waals surface area (Å²) in [6.45, 7) is 11.6. The molecule has 1 heterocycles. The van der Waals surface area contributed by atoms with Crippen LogP contribution in [0.5, 0.6) is 5.75 Å². The average Bonchev–Trinajstić information content (AvgIpc) is 2.41. The van der Waals surface area contributed by atoms with Gasteiger partial charge in [-0.2, -0.15) is 0 Å². The molecule has 4 heteroatoms. The Kier molecular flexibility index (Phi) is 4.53. The van der Waals surface area contributed by atoms with E-state index in [0.29, 0.717) is 11.4 Å². The Balaban J connectivity index is 2.08. The van der Waals surface area contributed by atoms with Gasteiger partial charge in [0.05, 0.1) is 11.8 Å². The number of rotatable bonds is 4. The quantitative estimate of drug-likeness (QED) is 0.837. The van der Waals surface area contributed by atoms with Crippen LogP contribution in [-0.4, -0.2) is 43.7 Å². The molecule has 19 heavy (non-hydrogen) atoms. The lowest BCUT2D eigenvalue weighted by molar-refractivity contribution is 0.243. The summed E-state index contributed by atoms with van der Waals surface area (Å²) >= 11 is 0. The summed E-state index contributed by atoms with van der Waals surface area (Å²) in [7, 11) is 0. The monoisotopic (exact) mass is 262 g/mol. The third-order valence-electron chi connectivity index (χ3n) is 3.51. The first-order chi connectivity index (χ1) is 9.10. The third kappa shape index (κ3) is 3.53. The molecule has 1 aromatic rings. The lowest BCUT2D eigenvalue weighted by Gasteiger charge is -2.35. The Bertz CT molecular complexity index is 412. The lowest BCUT2D eigenvalue weighted by atomic mass is 10.2. The molecule has 0 spiro atoms. The van der Waals surface area contributed by atoms with E-state index in [0.717, 1.165) is 32.7 Å². The smallest absolute Gasteiger partial charge is 0.146 e. The van der Waals surface area contributed by atoms with Crippen LogP contribution in [-0.2, 0) is 0 Å². The highest BCUT2D eigenvalue weighted by molar-refractivity contribution is 5.61. The highest BCUT2D eigenvalue weighted by Crippen LogP contribution is 2.30. The number of benzene rings is 1. The Morgan fingerprint density at radius 3 is 2.47 bits per heavy atom. The number of ether oxygens (including phenoxy) is 1. The maximum Gasteiger partial charge on any atom is 0.146 e. The fourth-order valence-electron chi connectivity index (χ4n) is 2.38. The van der Waals surface area contributed by atoms with Crippen LogP contribution in [0.3, 0.4) is 0 Å². The second-order valence-electron chi connectivity index (χ2n) is 5.27. The normalized spacial score (nSPS) is 16.9. The summed E-state index contributed by atoms with van der Waals surface area (Å²) in [6, 6.07) is 5.86. The van der Waals surface area contributed by atoms with Crippen molar-refractivity contribution in [2.45, 2.75) is 26.9 Å². The molecule has 1 aliphatic rings. The molecule has 0 unspecified atom stereocenters. The van der Waals surface area contributed by atoms with Crippen LogP contribution in [0, 0.1) is 0 Å². The van der Waals surface area contributed by atoms with Crippen molar-refractivity contribution >= 4 is 11.4 Å². The Labute approximate surface area is 116 Å². The molecule has 1 radical (unpaired) electrons. The minimum atomic E-state index is 0.108. The fourth-order valence-corrected chi connectivity index (χ4v) is 2.38. The van der Waals surface area contributed by atoms with Gasteiger partial charge < -0.3 is 14.5 Å². The van der Waals surface area contributed by atoms with Gasteiger partial charge in [-0.25, -0.2) is 0 Å². The van der Waals surface area contributed by atoms with Crippen LogP contribution < -0.4 is 15.4 Å². The largest absolute Gasteiger partial charge is 0.489 e. The van der Waals surface area contributed by atoms with E-state index in [1.807, 2.05) is 32.0 Å². The number of hydrogen-bond acceptors (Lipinski definition) is 3. The topological polar surface area (TPSA) is 39.5 Å². The Morgan fingerprint density at radius 1 is 1.21 bits per heavy atom. The molecule has 1 N–H and O–H groups in total. The van der Waals surface area contributed by atoms with Gasteiger partial charge in [0.15, 0.2) is 0 Å². The van der Waals surface area contributed by atoms with E-state index in [1.54, 1.807) is 0 Å². The van der Waals surface area contributed by atoms with Crippen molar-refractivity contribution in [2.24, 2.45) is 0 Å². The van der Waals surface area contributed by atoms with Crippen molar-refractivity contribution in [2.75, 3.05) is 37.6 Å². The summed E-state index contributed by atoms with van der Waals surface area (Å²) in [4.78, 5) is 4.83. The van der Waals surface area contributed by atoms with Crippen molar-refractivity contribution in [1.29, 1.82) is 0 Å². The number of likely N-dealkylation sites (N-methyl/N-ethyl adjacent to an activating group) is 1. The van der Waals surface area contributed by atoms with E-state index in [2.05, 4.69) is 16.7 Å². The predicted molar refractivity (Wildman–Crippen MR) is 79.3 cm³/mol. The lowest BCUT2D eigenvalue weighted by Crippen LogP contribution is -2.46. The molecule has 4 nitrogen and oxygen atoms in total. The molecule has 105 valence electrons. The highest BCUT2D eigenvalue weighted by Gasteiger charge is 2.17. The van der Waals surface area contributed by atoms with Gasteiger partial charge >= 0.3 is 0 Å². The molecule has 1 aromatic carbocycles. The van der Waals surface area contributed by atoms with E-state index < -0.39 is 0 Å². The molecule has 1 aliphatic heterocycles. The van der Waals surface area contributed by atoms with Crippen LogP contribution in [0.25, 0.3) is 0 Å². The maximum absolute atomic E-state index is 7.88. The molecule has 0 bridgehead atoms. The van der Waals surface area contributed by atoms with Crippen molar-refractivity contribution < 1.29 is 4.74 Å². The first kappa shape index (κ1) is 14.0. The molecular weight excluding hydrogens is 238 g/mol. The molecule has 0 aliphatic carbocycles. The number of nitrogens with zero attached hydrogens (tertiary/aromatic N) is 2. The van der Waals surface area contributed by atoms with Crippen LogP contribution in [0.4, 0.5) is 11.4 Å². The number of anilines is 1. The summed E-state index contributed by atoms with van der Waals surface area (Å²) in [5.74, 6) is 0.686. The van der Waals surface area contributed by atoms with Gasteiger partial charge in [0, 0.05) is 37.9 Å². The van der Waals surface area contributed by atoms with Gasteiger partial charge in [0.2, 0.25) is 0 Å². The maximum atomic E-state index is 7.88. The molecule has 1 saturated heterocycles.